The highest BCUT2D eigenvalue weighted by Gasteiger charge is 2.15. The number of nitrogens with zero attached hydrogens (tertiary/aromatic N) is 3. The smallest absolute Gasteiger partial charge is 0.408 e. The molecule has 3 aromatic rings. The number of rotatable bonds is 3. The number of fused-ring (bicyclic) bond motifs is 1. The second kappa shape index (κ2) is 4.34. The number of hydrogen-bond donors (Lipinski definition) is 0. The van der Waals surface area contributed by atoms with E-state index in [0.717, 1.165) is 0 Å². The summed E-state index contributed by atoms with van der Waals surface area (Å²) in [4.78, 5) is 22.1. The van der Waals surface area contributed by atoms with Crippen molar-refractivity contribution in [3.63, 3.8) is 0 Å². The van der Waals surface area contributed by atoms with Crippen LogP contribution in [-0.4, -0.2) is 14.6 Å². The molecule has 0 aliphatic rings. The molecule has 8 nitrogen and oxygen atoms in total. The summed E-state index contributed by atoms with van der Waals surface area (Å²) in [6.07, 6.45) is 0. The molecule has 0 bridgehead atoms. The first-order valence-corrected chi connectivity index (χ1v) is 5.74. The Labute approximate surface area is 111 Å². The lowest BCUT2D eigenvalue weighted by molar-refractivity contribution is -0.384. The summed E-state index contributed by atoms with van der Waals surface area (Å²) in [6.45, 7) is 1.86. The maximum absolute atomic E-state index is 11.8. The third-order valence-corrected chi connectivity index (χ3v) is 2.85. The van der Waals surface area contributed by atoms with E-state index in [1.165, 1.54) is 22.8 Å². The Hall–Kier alpha value is -2.90. The molecule has 0 unspecified atom stereocenters. The largest absolute Gasteiger partial charge is 0.420 e. The predicted molar refractivity (Wildman–Crippen MR) is 67.5 cm³/mol. The lowest BCUT2D eigenvalue weighted by Gasteiger charge is -1.98. The number of non-ortho nitro benzene ring substituents is 1. The van der Waals surface area contributed by atoms with Crippen LogP contribution in [0, 0.1) is 17.0 Å². The Morgan fingerprint density at radius 3 is 2.85 bits per heavy atom. The second-order valence-electron chi connectivity index (χ2n) is 4.30. The van der Waals surface area contributed by atoms with Gasteiger partial charge in [0.05, 0.1) is 22.7 Å². The van der Waals surface area contributed by atoms with Crippen LogP contribution in [0.5, 0.6) is 0 Å². The molecule has 2 heterocycles. The van der Waals surface area contributed by atoms with Gasteiger partial charge in [0.1, 0.15) is 0 Å². The number of aromatic nitrogens is 2. The molecule has 0 saturated carbocycles. The topological polar surface area (TPSA) is 104 Å². The molecular weight excluding hydrogens is 266 g/mol. The number of nitro groups is 1. The maximum atomic E-state index is 11.8. The minimum absolute atomic E-state index is 0.105. The van der Waals surface area contributed by atoms with Crippen LogP contribution in [0.15, 0.2) is 38.0 Å². The SMILES string of the molecule is Cc1cc(Cn2c(=O)oc3ccc([N+](=O)[O-])cc32)on1. The first-order valence-electron chi connectivity index (χ1n) is 5.74. The molecule has 8 heteroatoms. The average molecular weight is 275 g/mol. The quantitative estimate of drug-likeness (QED) is 0.533. The molecule has 20 heavy (non-hydrogen) atoms. The third-order valence-electron chi connectivity index (χ3n) is 2.85. The van der Waals surface area contributed by atoms with Gasteiger partial charge in [0, 0.05) is 18.2 Å². The van der Waals surface area contributed by atoms with Crippen LogP contribution in [0.2, 0.25) is 0 Å². The first-order chi connectivity index (χ1) is 9.54. The summed E-state index contributed by atoms with van der Waals surface area (Å²) in [5, 5.41) is 14.5. The van der Waals surface area contributed by atoms with Crippen LogP contribution in [-0.2, 0) is 6.54 Å². The first kappa shape index (κ1) is 12.2. The van der Waals surface area contributed by atoms with Gasteiger partial charge in [-0.05, 0) is 13.0 Å². The van der Waals surface area contributed by atoms with E-state index in [0.29, 0.717) is 17.0 Å². The summed E-state index contributed by atoms with van der Waals surface area (Å²) in [5.41, 5.74) is 1.21. The van der Waals surface area contributed by atoms with Crippen molar-refractivity contribution in [3.05, 3.63) is 56.4 Å². The van der Waals surface area contributed by atoms with Gasteiger partial charge in [0.15, 0.2) is 11.3 Å². The van der Waals surface area contributed by atoms with Gasteiger partial charge in [-0.3, -0.25) is 14.7 Å². The van der Waals surface area contributed by atoms with Gasteiger partial charge in [-0.2, -0.15) is 0 Å². The van der Waals surface area contributed by atoms with Crippen molar-refractivity contribution in [3.8, 4) is 0 Å². The Kier molecular flexibility index (Phi) is 2.63. The standard InChI is InChI=1S/C12H9N3O5/c1-7-4-9(20-13-7)6-14-10-5-8(15(17)18)2-3-11(10)19-12(14)16/h2-5H,6H2,1H3. The monoisotopic (exact) mass is 275 g/mol. The molecule has 0 spiro atoms. The Balaban J connectivity index is 2.13. The summed E-state index contributed by atoms with van der Waals surface area (Å²) in [7, 11) is 0. The highest BCUT2D eigenvalue weighted by molar-refractivity contribution is 5.76. The van der Waals surface area contributed by atoms with Crippen molar-refractivity contribution >= 4 is 16.8 Å². The summed E-state index contributed by atoms with van der Waals surface area (Å²) >= 11 is 0. The number of hydrogen-bond acceptors (Lipinski definition) is 6. The molecule has 0 atom stereocenters. The minimum Gasteiger partial charge on any atom is -0.408 e. The maximum Gasteiger partial charge on any atom is 0.420 e. The Bertz CT molecular complexity index is 857. The minimum atomic E-state index is -0.602. The van der Waals surface area contributed by atoms with E-state index in [2.05, 4.69) is 5.16 Å². The molecule has 0 aliphatic carbocycles. The van der Waals surface area contributed by atoms with Gasteiger partial charge in [0.25, 0.3) is 5.69 Å². The average Bonchev–Trinajstić information content (AvgIpc) is 2.94. The van der Waals surface area contributed by atoms with Gasteiger partial charge in [0.2, 0.25) is 0 Å². The Morgan fingerprint density at radius 2 is 2.20 bits per heavy atom. The van der Waals surface area contributed by atoms with E-state index in [-0.39, 0.29) is 17.8 Å². The van der Waals surface area contributed by atoms with E-state index in [9.17, 15) is 14.9 Å². The predicted octanol–water partition coefficient (Wildman–Crippen LogP) is 1.85. The highest BCUT2D eigenvalue weighted by Crippen LogP contribution is 2.20. The van der Waals surface area contributed by atoms with Gasteiger partial charge in [-0.25, -0.2) is 4.79 Å². The second-order valence-corrected chi connectivity index (χ2v) is 4.30. The van der Waals surface area contributed by atoms with Crippen molar-refractivity contribution in [2.24, 2.45) is 0 Å². The van der Waals surface area contributed by atoms with Gasteiger partial charge in [-0.15, -0.1) is 0 Å². The molecule has 102 valence electrons. The molecule has 0 amide bonds. The summed E-state index contributed by atoms with van der Waals surface area (Å²) in [5.74, 6) is -0.131. The number of benzene rings is 1. The van der Waals surface area contributed by atoms with Crippen LogP contribution in [0.1, 0.15) is 11.5 Å². The van der Waals surface area contributed by atoms with Crippen LogP contribution >= 0.6 is 0 Å². The van der Waals surface area contributed by atoms with Crippen molar-refractivity contribution in [1.82, 2.24) is 9.72 Å². The summed E-state index contributed by atoms with van der Waals surface area (Å²) < 4.78 is 11.3. The lowest BCUT2D eigenvalue weighted by atomic mass is 10.3. The van der Waals surface area contributed by atoms with E-state index in [4.69, 9.17) is 8.94 Å². The van der Waals surface area contributed by atoms with Crippen molar-refractivity contribution in [2.75, 3.05) is 0 Å². The normalized spacial score (nSPS) is 11.1. The zero-order chi connectivity index (χ0) is 14.3. The third kappa shape index (κ3) is 1.96. The molecule has 1 aromatic carbocycles. The van der Waals surface area contributed by atoms with Gasteiger partial charge in [-0.1, -0.05) is 5.16 Å². The molecule has 0 fully saturated rings. The zero-order valence-electron chi connectivity index (χ0n) is 10.4. The van der Waals surface area contributed by atoms with E-state index in [1.807, 2.05) is 0 Å². The van der Waals surface area contributed by atoms with Crippen molar-refractivity contribution in [1.29, 1.82) is 0 Å². The summed E-state index contributed by atoms with van der Waals surface area (Å²) in [6, 6.07) is 5.66. The van der Waals surface area contributed by atoms with Crippen molar-refractivity contribution in [2.45, 2.75) is 13.5 Å². The van der Waals surface area contributed by atoms with Crippen LogP contribution in [0.4, 0.5) is 5.69 Å². The molecule has 0 radical (unpaired) electrons. The molecular formula is C12H9N3O5. The number of oxazole rings is 1. The fraction of sp³-hybridized carbons (Fsp3) is 0.167. The van der Waals surface area contributed by atoms with Crippen LogP contribution in [0.25, 0.3) is 11.1 Å². The fourth-order valence-corrected chi connectivity index (χ4v) is 1.96. The number of nitro benzene ring substituents is 1. The van der Waals surface area contributed by atoms with Crippen LogP contribution < -0.4 is 5.76 Å². The molecule has 2 aromatic heterocycles. The Morgan fingerprint density at radius 1 is 1.40 bits per heavy atom. The zero-order valence-corrected chi connectivity index (χ0v) is 10.4. The van der Waals surface area contributed by atoms with Gasteiger partial charge >= 0.3 is 5.76 Å². The van der Waals surface area contributed by atoms with E-state index < -0.39 is 10.7 Å². The van der Waals surface area contributed by atoms with E-state index in [1.54, 1.807) is 13.0 Å². The van der Waals surface area contributed by atoms with E-state index >= 15 is 0 Å². The van der Waals surface area contributed by atoms with Gasteiger partial charge < -0.3 is 8.94 Å². The molecule has 0 saturated heterocycles. The molecule has 0 N–H and O–H groups in total. The number of aryl methyl sites for hydroxylation is 1. The van der Waals surface area contributed by atoms with Crippen molar-refractivity contribution < 1.29 is 13.9 Å². The van der Waals surface area contributed by atoms with Crippen LogP contribution in [0.3, 0.4) is 0 Å². The highest BCUT2D eigenvalue weighted by atomic mass is 16.6. The molecule has 0 aliphatic heterocycles. The lowest BCUT2D eigenvalue weighted by Crippen LogP contribution is -2.14. The molecule has 3 rings (SSSR count). The fourth-order valence-electron chi connectivity index (χ4n) is 1.96.